The van der Waals surface area contributed by atoms with Crippen LogP contribution >= 0.6 is 11.8 Å². The Labute approximate surface area is 106 Å². The molecule has 0 bridgehead atoms. The average molecular weight is 251 g/mol. The van der Waals surface area contributed by atoms with Gasteiger partial charge in [0.25, 0.3) is 0 Å². The molecule has 0 radical (unpaired) electrons. The monoisotopic (exact) mass is 251 g/mol. The molecule has 4 heteroatoms. The minimum Gasteiger partial charge on any atom is -0.463 e. The predicted octanol–water partition coefficient (Wildman–Crippen LogP) is 2.94. The first-order chi connectivity index (χ1) is 8.27. The van der Waals surface area contributed by atoms with Crippen LogP contribution in [0.25, 0.3) is 0 Å². The molecule has 0 aliphatic heterocycles. The van der Waals surface area contributed by atoms with Gasteiger partial charge in [-0.1, -0.05) is 18.2 Å². The van der Waals surface area contributed by atoms with Gasteiger partial charge in [-0.15, -0.1) is 11.8 Å². The van der Waals surface area contributed by atoms with Crippen molar-refractivity contribution in [2.24, 2.45) is 0 Å². The molecule has 92 valence electrons. The van der Waals surface area contributed by atoms with E-state index in [2.05, 4.69) is 11.4 Å². The van der Waals surface area contributed by atoms with Crippen LogP contribution in [0.5, 0.6) is 0 Å². The molecule has 0 amide bonds. The molecule has 0 fully saturated rings. The Morgan fingerprint density at radius 1 is 1.47 bits per heavy atom. The third kappa shape index (κ3) is 4.95. The summed E-state index contributed by atoms with van der Waals surface area (Å²) in [4.78, 5) is 12.2. The molecule has 17 heavy (non-hydrogen) atoms. The first kappa shape index (κ1) is 13.6. The number of para-hydroxylation sites is 1. The van der Waals surface area contributed by atoms with Crippen molar-refractivity contribution in [3.05, 3.63) is 36.4 Å². The van der Waals surface area contributed by atoms with Crippen LogP contribution in [0.3, 0.4) is 0 Å². The quantitative estimate of drug-likeness (QED) is 0.479. The van der Waals surface area contributed by atoms with E-state index in [1.54, 1.807) is 24.8 Å². The molecule has 1 aromatic carbocycles. The van der Waals surface area contributed by atoms with Crippen LogP contribution in [-0.4, -0.2) is 25.4 Å². The van der Waals surface area contributed by atoms with Gasteiger partial charge >= 0.3 is 5.97 Å². The van der Waals surface area contributed by atoms with Gasteiger partial charge in [-0.3, -0.25) is 0 Å². The summed E-state index contributed by atoms with van der Waals surface area (Å²) in [7, 11) is 0. The van der Waals surface area contributed by atoms with Crippen LogP contribution < -0.4 is 5.32 Å². The zero-order valence-corrected chi connectivity index (χ0v) is 10.9. The number of esters is 1. The largest absolute Gasteiger partial charge is 0.463 e. The van der Waals surface area contributed by atoms with Gasteiger partial charge in [0.05, 0.1) is 6.61 Å². The topological polar surface area (TPSA) is 38.3 Å². The maximum atomic E-state index is 11.0. The number of rotatable bonds is 6. The number of carbonyl (C=O) groups excluding carboxylic acids is 1. The molecule has 0 aliphatic carbocycles. The smallest absolute Gasteiger partial charge is 0.330 e. The van der Waals surface area contributed by atoms with Crippen LogP contribution in [0.4, 0.5) is 5.69 Å². The van der Waals surface area contributed by atoms with Gasteiger partial charge < -0.3 is 10.1 Å². The van der Waals surface area contributed by atoms with E-state index in [1.807, 2.05) is 24.5 Å². The second kappa shape index (κ2) is 7.79. The van der Waals surface area contributed by atoms with E-state index in [-0.39, 0.29) is 5.97 Å². The summed E-state index contributed by atoms with van der Waals surface area (Å²) >= 11 is 1.69. The average Bonchev–Trinajstić information content (AvgIpc) is 2.35. The summed E-state index contributed by atoms with van der Waals surface area (Å²) in [6.45, 7) is 2.81. The molecule has 0 heterocycles. The maximum Gasteiger partial charge on any atom is 0.330 e. The van der Waals surface area contributed by atoms with Crippen LogP contribution in [0.1, 0.15) is 6.92 Å². The van der Waals surface area contributed by atoms with Crippen molar-refractivity contribution in [3.63, 3.8) is 0 Å². The Morgan fingerprint density at radius 3 is 2.94 bits per heavy atom. The first-order valence-electron chi connectivity index (χ1n) is 5.48. The van der Waals surface area contributed by atoms with Crippen molar-refractivity contribution in [1.82, 2.24) is 0 Å². The Hall–Kier alpha value is -1.42. The lowest BCUT2D eigenvalue weighted by Crippen LogP contribution is -2.03. The highest BCUT2D eigenvalue weighted by molar-refractivity contribution is 7.98. The zero-order valence-electron chi connectivity index (χ0n) is 10.1. The third-order valence-corrected chi connectivity index (χ3v) is 2.85. The number of carbonyl (C=O) groups is 1. The predicted molar refractivity (Wildman–Crippen MR) is 72.5 cm³/mol. The van der Waals surface area contributed by atoms with E-state index in [0.717, 1.165) is 5.69 Å². The number of anilines is 1. The highest BCUT2D eigenvalue weighted by atomic mass is 32.2. The first-order valence-corrected chi connectivity index (χ1v) is 6.70. The minimum absolute atomic E-state index is 0.299. The van der Waals surface area contributed by atoms with Gasteiger partial charge in [0.15, 0.2) is 0 Å². The molecule has 1 rings (SSSR count). The summed E-state index contributed by atoms with van der Waals surface area (Å²) in [5.41, 5.74) is 1.08. The van der Waals surface area contributed by atoms with Gasteiger partial charge in [0.2, 0.25) is 0 Å². The van der Waals surface area contributed by atoms with Crippen LogP contribution in [0, 0.1) is 0 Å². The second-order valence-corrected chi connectivity index (χ2v) is 4.08. The molecule has 0 aliphatic rings. The molecule has 0 saturated carbocycles. The lowest BCUT2D eigenvalue weighted by molar-refractivity contribution is -0.137. The molecule has 0 atom stereocenters. The SMILES string of the molecule is CCOC(=O)/C=C/CNc1ccccc1SC. The number of thioether (sulfide) groups is 1. The summed E-state index contributed by atoms with van der Waals surface area (Å²) in [6.07, 6.45) is 5.24. The fourth-order valence-electron chi connectivity index (χ4n) is 1.31. The van der Waals surface area contributed by atoms with Gasteiger partial charge in [0, 0.05) is 23.2 Å². The number of nitrogens with one attached hydrogen (secondary N) is 1. The fraction of sp³-hybridized carbons (Fsp3) is 0.308. The van der Waals surface area contributed by atoms with E-state index in [4.69, 9.17) is 4.74 Å². The standard InChI is InChI=1S/C13H17NO2S/c1-3-16-13(15)9-6-10-14-11-7-4-5-8-12(11)17-2/h4-9,14H,3,10H2,1-2H3/b9-6+. The number of hydrogen-bond donors (Lipinski definition) is 1. The Morgan fingerprint density at radius 2 is 2.24 bits per heavy atom. The van der Waals surface area contributed by atoms with E-state index >= 15 is 0 Å². The van der Waals surface area contributed by atoms with Crippen molar-refractivity contribution in [1.29, 1.82) is 0 Å². The number of hydrogen-bond acceptors (Lipinski definition) is 4. The van der Waals surface area contributed by atoms with Crippen LogP contribution in [0.15, 0.2) is 41.3 Å². The van der Waals surface area contributed by atoms with Crippen LogP contribution in [0.2, 0.25) is 0 Å². The second-order valence-electron chi connectivity index (χ2n) is 3.24. The highest BCUT2D eigenvalue weighted by Gasteiger charge is 1.97. The maximum absolute atomic E-state index is 11.0. The zero-order chi connectivity index (χ0) is 12.5. The van der Waals surface area contributed by atoms with Crippen molar-refractivity contribution in [2.75, 3.05) is 24.7 Å². The Bertz CT molecular complexity index is 391. The van der Waals surface area contributed by atoms with E-state index in [1.165, 1.54) is 11.0 Å². The van der Waals surface area contributed by atoms with Crippen molar-refractivity contribution < 1.29 is 9.53 Å². The number of benzene rings is 1. The van der Waals surface area contributed by atoms with Crippen molar-refractivity contribution in [2.45, 2.75) is 11.8 Å². The van der Waals surface area contributed by atoms with Crippen molar-refractivity contribution >= 4 is 23.4 Å². The highest BCUT2D eigenvalue weighted by Crippen LogP contribution is 2.24. The van der Waals surface area contributed by atoms with Crippen molar-refractivity contribution in [3.8, 4) is 0 Å². The minimum atomic E-state index is -0.299. The molecule has 1 N–H and O–H groups in total. The molecule has 3 nitrogen and oxygen atoms in total. The Balaban J connectivity index is 2.43. The van der Waals surface area contributed by atoms with Gasteiger partial charge in [-0.2, -0.15) is 0 Å². The molecular formula is C13H17NO2S. The van der Waals surface area contributed by atoms with Gasteiger partial charge in [-0.25, -0.2) is 4.79 Å². The Kier molecular flexibility index (Phi) is 6.25. The molecule has 0 aromatic heterocycles. The molecule has 0 unspecified atom stereocenters. The molecular weight excluding hydrogens is 234 g/mol. The van der Waals surface area contributed by atoms with Gasteiger partial charge in [0.1, 0.15) is 0 Å². The third-order valence-electron chi connectivity index (χ3n) is 2.06. The van der Waals surface area contributed by atoms with Gasteiger partial charge in [-0.05, 0) is 25.3 Å². The lowest BCUT2D eigenvalue weighted by atomic mass is 10.3. The van der Waals surface area contributed by atoms with E-state index in [0.29, 0.717) is 13.2 Å². The normalized spacial score (nSPS) is 10.5. The van der Waals surface area contributed by atoms with E-state index < -0.39 is 0 Å². The lowest BCUT2D eigenvalue weighted by Gasteiger charge is -2.07. The van der Waals surface area contributed by atoms with E-state index in [9.17, 15) is 4.79 Å². The molecule has 0 spiro atoms. The summed E-state index contributed by atoms with van der Waals surface area (Å²) in [5, 5.41) is 3.25. The number of ether oxygens (including phenoxy) is 1. The summed E-state index contributed by atoms with van der Waals surface area (Å²) in [6, 6.07) is 8.06. The fourth-order valence-corrected chi connectivity index (χ4v) is 1.88. The summed E-state index contributed by atoms with van der Waals surface area (Å²) in [5.74, 6) is -0.299. The molecule has 1 aromatic rings. The summed E-state index contributed by atoms with van der Waals surface area (Å²) < 4.78 is 4.78. The van der Waals surface area contributed by atoms with Crippen LogP contribution in [-0.2, 0) is 9.53 Å². The molecule has 0 saturated heterocycles.